The highest BCUT2D eigenvalue weighted by Crippen LogP contribution is 2.22. The Morgan fingerprint density at radius 3 is 2.44 bits per heavy atom. The van der Waals surface area contributed by atoms with Crippen LogP contribution in [0.2, 0.25) is 0 Å². The summed E-state index contributed by atoms with van der Waals surface area (Å²) in [5.74, 6) is 0.464. The molecule has 1 aliphatic carbocycles. The molecule has 3 N–H and O–H groups in total. The Kier molecular flexibility index (Phi) is 15.2. The molecule has 0 saturated heterocycles. The minimum Gasteiger partial charge on any atom is -0.387 e. The molecule has 5 heteroatoms. The first kappa shape index (κ1) is 29.1. The minimum atomic E-state index is 0.173. The molecular formula is C27H42N4O. The van der Waals surface area contributed by atoms with Gasteiger partial charge in [-0.1, -0.05) is 65.1 Å². The van der Waals surface area contributed by atoms with E-state index in [9.17, 15) is 0 Å². The molecule has 0 saturated carbocycles. The lowest BCUT2D eigenvalue weighted by Crippen LogP contribution is -2.16. The predicted molar refractivity (Wildman–Crippen MR) is 139 cm³/mol. The summed E-state index contributed by atoms with van der Waals surface area (Å²) in [6.45, 7) is 23.0. The number of hydrogen-bond acceptors (Lipinski definition) is 4. The van der Waals surface area contributed by atoms with Crippen molar-refractivity contribution in [1.29, 1.82) is 0 Å². The first-order valence-electron chi connectivity index (χ1n) is 11.4. The van der Waals surface area contributed by atoms with Gasteiger partial charge >= 0.3 is 0 Å². The average Bonchev–Trinajstić information content (AvgIpc) is 3.33. The topological polar surface area (TPSA) is 72.5 Å². The Hall–Kier alpha value is -2.92. The van der Waals surface area contributed by atoms with Crippen LogP contribution in [0.25, 0.3) is 0 Å². The number of nitrogens with two attached hydrogens (primary N) is 1. The van der Waals surface area contributed by atoms with E-state index in [4.69, 9.17) is 10.5 Å². The molecule has 1 aromatic rings. The van der Waals surface area contributed by atoms with Crippen molar-refractivity contribution in [3.63, 3.8) is 0 Å². The molecule has 1 heterocycles. The number of allylic oxidation sites excluding steroid dienone is 6. The Balaban J connectivity index is 0.00000227. The summed E-state index contributed by atoms with van der Waals surface area (Å²) in [5, 5.41) is 3.29. The van der Waals surface area contributed by atoms with Crippen LogP contribution in [-0.2, 0) is 17.9 Å². The van der Waals surface area contributed by atoms with Gasteiger partial charge in [-0.15, -0.1) is 0 Å². The minimum absolute atomic E-state index is 0.173. The first-order valence-corrected chi connectivity index (χ1v) is 11.4. The number of hydrogen-bond donors (Lipinski definition) is 2. The molecule has 5 nitrogen and oxygen atoms in total. The van der Waals surface area contributed by atoms with Crippen LogP contribution in [0.1, 0.15) is 66.3 Å². The maximum atomic E-state index is 5.80. The maximum Gasteiger partial charge on any atom is 0.0965 e. The third-order valence-electron chi connectivity index (χ3n) is 4.01. The van der Waals surface area contributed by atoms with E-state index in [1.54, 1.807) is 6.92 Å². The molecule has 0 aliphatic heterocycles. The molecule has 0 spiro atoms. The van der Waals surface area contributed by atoms with Crippen LogP contribution in [-0.4, -0.2) is 16.9 Å². The molecule has 0 unspecified atom stereocenters. The van der Waals surface area contributed by atoms with Crippen LogP contribution in [0, 0.1) is 0 Å². The van der Waals surface area contributed by atoms with Gasteiger partial charge in [-0.2, -0.15) is 0 Å². The van der Waals surface area contributed by atoms with E-state index in [1.165, 1.54) is 0 Å². The van der Waals surface area contributed by atoms with Crippen LogP contribution in [0.15, 0.2) is 83.2 Å². The smallest absolute Gasteiger partial charge is 0.0965 e. The molecule has 32 heavy (non-hydrogen) atoms. The highest BCUT2D eigenvalue weighted by atomic mass is 16.5. The van der Waals surface area contributed by atoms with Gasteiger partial charge in [0.05, 0.1) is 47.9 Å². The first-order chi connectivity index (χ1) is 15.3. The zero-order valence-electron chi connectivity index (χ0n) is 21.0. The SMILES string of the molecule is C=C(/C=C(\N=C(C)N)C(=C)NCc1cccc(COC(C)C)n1)C1=CC=CC1.CC.CC. The zero-order valence-corrected chi connectivity index (χ0v) is 21.0. The normalized spacial score (nSPS) is 12.9. The molecule has 1 aliphatic rings. The highest BCUT2D eigenvalue weighted by Gasteiger charge is 2.08. The van der Waals surface area contributed by atoms with Gasteiger partial charge in [-0.3, -0.25) is 4.98 Å². The van der Waals surface area contributed by atoms with E-state index in [2.05, 4.69) is 40.6 Å². The molecule has 2 rings (SSSR count). The Morgan fingerprint density at radius 2 is 1.88 bits per heavy atom. The predicted octanol–water partition coefficient (Wildman–Crippen LogP) is 6.37. The van der Waals surface area contributed by atoms with E-state index in [-0.39, 0.29) is 6.10 Å². The van der Waals surface area contributed by atoms with E-state index >= 15 is 0 Å². The van der Waals surface area contributed by atoms with E-state index < -0.39 is 0 Å². The Labute approximate surface area is 195 Å². The molecule has 0 atom stereocenters. The van der Waals surface area contributed by atoms with Crippen molar-refractivity contribution in [2.45, 2.75) is 74.1 Å². The van der Waals surface area contributed by atoms with E-state index in [0.29, 0.717) is 30.4 Å². The summed E-state index contributed by atoms with van der Waals surface area (Å²) >= 11 is 0. The summed E-state index contributed by atoms with van der Waals surface area (Å²) in [6, 6.07) is 5.90. The number of ether oxygens (including phenoxy) is 1. The maximum absolute atomic E-state index is 5.80. The van der Waals surface area contributed by atoms with Crippen LogP contribution in [0.5, 0.6) is 0 Å². The van der Waals surface area contributed by atoms with Crippen molar-refractivity contribution in [2.75, 3.05) is 0 Å². The second-order valence-electron chi connectivity index (χ2n) is 6.94. The molecule has 0 amide bonds. The molecular weight excluding hydrogens is 396 g/mol. The average molecular weight is 439 g/mol. The summed E-state index contributed by atoms with van der Waals surface area (Å²) in [5.41, 5.74) is 11.0. The van der Waals surface area contributed by atoms with Gasteiger partial charge < -0.3 is 15.8 Å². The fraction of sp³-hybridized carbons (Fsp3) is 0.407. The van der Waals surface area contributed by atoms with E-state index in [0.717, 1.165) is 29.0 Å². The molecule has 0 radical (unpaired) electrons. The van der Waals surface area contributed by atoms with Crippen molar-refractivity contribution in [1.82, 2.24) is 10.3 Å². The number of aliphatic imine (C=N–C) groups is 1. The highest BCUT2D eigenvalue weighted by molar-refractivity contribution is 5.79. The lowest BCUT2D eigenvalue weighted by Gasteiger charge is -2.13. The lowest BCUT2D eigenvalue weighted by atomic mass is 10.1. The standard InChI is InChI=1S/C23H30N4O.2C2H6/c1-16(2)28-15-22-12-8-11-21(27-22)14-25-18(4)23(26-19(5)24)13-17(3)20-9-6-7-10-20;2*1-2/h6-9,11-13,16,25H,3-4,10,14-15H2,1-2,5H3,(H2,24,26);2*1-2H3/b23-13-;;. The third kappa shape index (κ3) is 11.5. The largest absolute Gasteiger partial charge is 0.387 e. The summed E-state index contributed by atoms with van der Waals surface area (Å²) in [7, 11) is 0. The summed E-state index contributed by atoms with van der Waals surface area (Å²) < 4.78 is 5.62. The number of aromatic nitrogens is 1. The number of rotatable bonds is 10. The van der Waals surface area contributed by atoms with Gasteiger partial charge in [-0.05, 0) is 56.5 Å². The fourth-order valence-electron chi connectivity index (χ4n) is 2.57. The van der Waals surface area contributed by atoms with Crippen molar-refractivity contribution in [3.05, 3.63) is 89.6 Å². The van der Waals surface area contributed by atoms with Gasteiger partial charge in [0.15, 0.2) is 0 Å². The zero-order chi connectivity index (χ0) is 24.5. The van der Waals surface area contributed by atoms with Gasteiger partial charge in [0.1, 0.15) is 0 Å². The number of nitrogens with zero attached hydrogens (tertiary/aromatic N) is 2. The quantitative estimate of drug-likeness (QED) is 0.253. The van der Waals surface area contributed by atoms with Crippen LogP contribution >= 0.6 is 0 Å². The number of nitrogens with one attached hydrogen (secondary N) is 1. The van der Waals surface area contributed by atoms with Gasteiger partial charge in [0.25, 0.3) is 0 Å². The van der Waals surface area contributed by atoms with Gasteiger partial charge in [0.2, 0.25) is 0 Å². The van der Waals surface area contributed by atoms with Crippen LogP contribution in [0.3, 0.4) is 0 Å². The van der Waals surface area contributed by atoms with Crippen LogP contribution < -0.4 is 11.1 Å². The lowest BCUT2D eigenvalue weighted by molar-refractivity contribution is 0.0635. The third-order valence-corrected chi connectivity index (χ3v) is 4.01. The van der Waals surface area contributed by atoms with Crippen molar-refractivity contribution in [3.8, 4) is 0 Å². The Bertz CT molecular complexity index is 841. The summed E-state index contributed by atoms with van der Waals surface area (Å²) in [6.07, 6.45) is 9.14. The summed E-state index contributed by atoms with van der Waals surface area (Å²) in [4.78, 5) is 9.03. The second-order valence-corrected chi connectivity index (χ2v) is 6.94. The molecule has 0 bridgehead atoms. The van der Waals surface area contributed by atoms with Crippen molar-refractivity contribution in [2.24, 2.45) is 10.7 Å². The van der Waals surface area contributed by atoms with Crippen LogP contribution in [0.4, 0.5) is 0 Å². The van der Waals surface area contributed by atoms with Gasteiger partial charge in [0, 0.05) is 0 Å². The van der Waals surface area contributed by atoms with Gasteiger partial charge in [-0.25, -0.2) is 4.99 Å². The number of amidine groups is 1. The van der Waals surface area contributed by atoms with E-state index in [1.807, 2.05) is 71.9 Å². The fourth-order valence-corrected chi connectivity index (χ4v) is 2.57. The Morgan fingerprint density at radius 1 is 1.22 bits per heavy atom. The van der Waals surface area contributed by atoms with Crippen molar-refractivity contribution < 1.29 is 4.74 Å². The second kappa shape index (κ2) is 16.7. The molecule has 0 fully saturated rings. The molecule has 176 valence electrons. The van der Waals surface area contributed by atoms with Crippen molar-refractivity contribution >= 4 is 5.84 Å². The number of pyridine rings is 1. The molecule has 0 aromatic carbocycles. The monoisotopic (exact) mass is 438 g/mol. The molecule has 1 aromatic heterocycles.